The number of thioether (sulfide) groups is 1. The van der Waals surface area contributed by atoms with E-state index in [9.17, 15) is 9.59 Å². The standard InChI is InChI=1S/C24H31N5O4S/c1-4-32-21-13-19(8-9-20(21)33-15-23(31)29-10-6-5-7-11-29)14-25-28-22(30)16-34-24-26-17(2)12-18(3)27-24/h8-9,12-14H,4-7,10-11,15-16H2,1-3H3,(H,28,30)/b25-14+. The van der Waals surface area contributed by atoms with Crippen LogP contribution in [0.25, 0.3) is 0 Å². The highest BCUT2D eigenvalue weighted by Crippen LogP contribution is 2.28. The minimum Gasteiger partial charge on any atom is -0.490 e. The van der Waals surface area contributed by atoms with Gasteiger partial charge in [0.2, 0.25) is 0 Å². The molecule has 9 nitrogen and oxygen atoms in total. The number of piperidine rings is 1. The molecule has 2 amide bonds. The molecule has 0 aliphatic carbocycles. The van der Waals surface area contributed by atoms with Gasteiger partial charge in [0.15, 0.2) is 23.3 Å². The number of nitrogens with one attached hydrogen (secondary N) is 1. The Kier molecular flexibility index (Phi) is 9.69. The van der Waals surface area contributed by atoms with Crippen LogP contribution in [0.3, 0.4) is 0 Å². The summed E-state index contributed by atoms with van der Waals surface area (Å²) in [5, 5.41) is 4.58. The number of hydrazone groups is 1. The average molecular weight is 486 g/mol. The third kappa shape index (κ3) is 8.02. The number of hydrogen-bond acceptors (Lipinski definition) is 8. The Bertz CT molecular complexity index is 1000. The van der Waals surface area contributed by atoms with Crippen molar-refractivity contribution in [2.45, 2.75) is 45.2 Å². The zero-order valence-electron chi connectivity index (χ0n) is 19.9. The second-order valence-corrected chi connectivity index (χ2v) is 8.83. The fourth-order valence-corrected chi connectivity index (χ4v) is 4.21. The predicted molar refractivity (Wildman–Crippen MR) is 132 cm³/mol. The highest BCUT2D eigenvalue weighted by Gasteiger charge is 2.17. The van der Waals surface area contributed by atoms with Crippen molar-refractivity contribution in [3.8, 4) is 11.5 Å². The van der Waals surface area contributed by atoms with Crippen LogP contribution in [0, 0.1) is 13.8 Å². The fraction of sp³-hybridized carbons (Fsp3) is 0.458. The highest BCUT2D eigenvalue weighted by atomic mass is 32.2. The first-order chi connectivity index (χ1) is 16.4. The molecule has 0 radical (unpaired) electrons. The van der Waals surface area contributed by atoms with Gasteiger partial charge in [0.05, 0.1) is 18.6 Å². The molecular weight excluding hydrogens is 454 g/mol. The lowest BCUT2D eigenvalue weighted by Crippen LogP contribution is -2.38. The van der Waals surface area contributed by atoms with Crippen LogP contribution in [0.2, 0.25) is 0 Å². The number of carbonyl (C=O) groups excluding carboxylic acids is 2. The number of aryl methyl sites for hydroxylation is 2. The summed E-state index contributed by atoms with van der Waals surface area (Å²) in [4.78, 5) is 34.9. The molecule has 1 fully saturated rings. The normalized spacial score (nSPS) is 13.7. The first kappa shape index (κ1) is 25.5. The lowest BCUT2D eigenvalue weighted by Gasteiger charge is -2.26. The summed E-state index contributed by atoms with van der Waals surface area (Å²) < 4.78 is 11.4. The molecule has 1 N–H and O–H groups in total. The van der Waals surface area contributed by atoms with Crippen LogP contribution in [0.5, 0.6) is 11.5 Å². The van der Waals surface area contributed by atoms with E-state index >= 15 is 0 Å². The van der Waals surface area contributed by atoms with Crippen molar-refractivity contribution in [2.75, 3.05) is 32.1 Å². The second-order valence-electron chi connectivity index (χ2n) is 7.88. The topological polar surface area (TPSA) is 106 Å². The monoisotopic (exact) mass is 485 g/mol. The molecule has 182 valence electrons. The van der Waals surface area contributed by atoms with E-state index in [1.54, 1.807) is 18.2 Å². The zero-order valence-corrected chi connectivity index (χ0v) is 20.7. The van der Waals surface area contributed by atoms with Gasteiger partial charge in [-0.2, -0.15) is 5.10 Å². The molecular formula is C24H31N5O4S. The molecule has 0 bridgehead atoms. The number of amides is 2. The third-order valence-electron chi connectivity index (χ3n) is 5.02. The average Bonchev–Trinajstić information content (AvgIpc) is 2.82. The Hall–Kier alpha value is -3.14. The molecule has 0 atom stereocenters. The molecule has 2 heterocycles. The molecule has 2 aromatic rings. The second kappa shape index (κ2) is 12.9. The first-order valence-corrected chi connectivity index (χ1v) is 12.4. The maximum atomic E-state index is 12.4. The Morgan fingerprint density at radius 1 is 1.09 bits per heavy atom. The van der Waals surface area contributed by atoms with Crippen molar-refractivity contribution in [3.63, 3.8) is 0 Å². The van der Waals surface area contributed by atoms with E-state index in [2.05, 4.69) is 20.5 Å². The summed E-state index contributed by atoms with van der Waals surface area (Å²) in [7, 11) is 0. The van der Waals surface area contributed by atoms with E-state index in [1.807, 2.05) is 31.7 Å². The molecule has 34 heavy (non-hydrogen) atoms. The largest absolute Gasteiger partial charge is 0.490 e. The van der Waals surface area contributed by atoms with Gasteiger partial charge < -0.3 is 14.4 Å². The predicted octanol–water partition coefficient (Wildman–Crippen LogP) is 3.13. The fourth-order valence-electron chi connectivity index (χ4n) is 3.47. The summed E-state index contributed by atoms with van der Waals surface area (Å²) in [5.74, 6) is 0.900. The van der Waals surface area contributed by atoms with E-state index in [1.165, 1.54) is 24.4 Å². The van der Waals surface area contributed by atoms with Gasteiger partial charge in [0, 0.05) is 24.5 Å². The molecule has 1 saturated heterocycles. The van der Waals surface area contributed by atoms with E-state index in [-0.39, 0.29) is 24.2 Å². The molecule has 1 aliphatic rings. The molecule has 1 aromatic heterocycles. The number of rotatable bonds is 10. The van der Waals surface area contributed by atoms with Crippen LogP contribution in [-0.2, 0) is 9.59 Å². The molecule has 0 unspecified atom stereocenters. The summed E-state index contributed by atoms with van der Waals surface area (Å²) in [6.45, 7) is 7.66. The van der Waals surface area contributed by atoms with Crippen LogP contribution in [0.1, 0.15) is 43.1 Å². The lowest BCUT2D eigenvalue weighted by molar-refractivity contribution is -0.134. The maximum Gasteiger partial charge on any atom is 0.260 e. The van der Waals surface area contributed by atoms with Crippen LogP contribution in [0.4, 0.5) is 0 Å². The Morgan fingerprint density at radius 3 is 2.53 bits per heavy atom. The van der Waals surface area contributed by atoms with E-state index in [0.717, 1.165) is 42.9 Å². The number of ether oxygens (including phenoxy) is 2. The third-order valence-corrected chi connectivity index (χ3v) is 5.87. The number of nitrogens with zero attached hydrogens (tertiary/aromatic N) is 4. The minimum atomic E-state index is -0.259. The maximum absolute atomic E-state index is 12.4. The van der Waals surface area contributed by atoms with Gasteiger partial charge in [-0.15, -0.1) is 0 Å². The summed E-state index contributed by atoms with van der Waals surface area (Å²) in [6.07, 6.45) is 4.78. The quantitative estimate of drug-likeness (QED) is 0.238. The van der Waals surface area contributed by atoms with Gasteiger partial charge in [0.25, 0.3) is 11.8 Å². The van der Waals surface area contributed by atoms with Crippen LogP contribution in [-0.4, -0.2) is 65.0 Å². The molecule has 1 aromatic carbocycles. The number of likely N-dealkylation sites (tertiary alicyclic amines) is 1. The first-order valence-electron chi connectivity index (χ1n) is 11.4. The lowest BCUT2D eigenvalue weighted by atomic mass is 10.1. The van der Waals surface area contributed by atoms with Crippen molar-refractivity contribution < 1.29 is 19.1 Å². The molecule has 3 rings (SSSR count). The van der Waals surface area contributed by atoms with Gasteiger partial charge in [-0.25, -0.2) is 15.4 Å². The van der Waals surface area contributed by atoms with E-state index in [4.69, 9.17) is 9.47 Å². The van der Waals surface area contributed by atoms with Crippen LogP contribution >= 0.6 is 11.8 Å². The smallest absolute Gasteiger partial charge is 0.260 e. The molecule has 0 spiro atoms. The number of aromatic nitrogens is 2. The van der Waals surface area contributed by atoms with Gasteiger partial charge in [0.1, 0.15) is 0 Å². The molecule has 10 heteroatoms. The van der Waals surface area contributed by atoms with Crippen molar-refractivity contribution in [1.29, 1.82) is 0 Å². The van der Waals surface area contributed by atoms with Crippen LogP contribution < -0.4 is 14.9 Å². The van der Waals surface area contributed by atoms with E-state index < -0.39 is 0 Å². The van der Waals surface area contributed by atoms with Crippen molar-refractivity contribution in [1.82, 2.24) is 20.3 Å². The summed E-state index contributed by atoms with van der Waals surface area (Å²) >= 11 is 1.26. The van der Waals surface area contributed by atoms with Gasteiger partial charge in [-0.1, -0.05) is 11.8 Å². The van der Waals surface area contributed by atoms with Crippen molar-refractivity contribution in [2.24, 2.45) is 5.10 Å². The van der Waals surface area contributed by atoms with Gasteiger partial charge in [-0.3, -0.25) is 9.59 Å². The summed E-state index contributed by atoms with van der Waals surface area (Å²) in [5.41, 5.74) is 4.96. The van der Waals surface area contributed by atoms with Gasteiger partial charge in [-0.05, 0) is 69.9 Å². The molecule has 1 aliphatic heterocycles. The van der Waals surface area contributed by atoms with Crippen molar-refractivity contribution >= 4 is 29.8 Å². The number of benzene rings is 1. The minimum absolute atomic E-state index is 0.0143. The zero-order chi connectivity index (χ0) is 24.3. The summed E-state index contributed by atoms with van der Waals surface area (Å²) in [6, 6.07) is 7.17. The highest BCUT2D eigenvalue weighted by molar-refractivity contribution is 7.99. The van der Waals surface area contributed by atoms with Crippen LogP contribution in [0.15, 0.2) is 34.5 Å². The molecule has 0 saturated carbocycles. The Labute approximate surface area is 204 Å². The van der Waals surface area contributed by atoms with Gasteiger partial charge >= 0.3 is 0 Å². The SMILES string of the molecule is CCOc1cc(/C=N/NC(=O)CSc2nc(C)cc(C)n2)ccc1OCC(=O)N1CCCCC1. The number of carbonyl (C=O) groups is 2. The van der Waals surface area contributed by atoms with Crippen molar-refractivity contribution in [3.05, 3.63) is 41.2 Å². The Balaban J connectivity index is 1.52. The number of hydrogen-bond donors (Lipinski definition) is 1. The Morgan fingerprint density at radius 2 is 1.82 bits per heavy atom. The van der Waals surface area contributed by atoms with E-state index in [0.29, 0.717) is 23.3 Å².